The third-order valence-electron chi connectivity index (χ3n) is 4.44. The van der Waals surface area contributed by atoms with E-state index in [1.807, 2.05) is 0 Å². The van der Waals surface area contributed by atoms with Gasteiger partial charge in [0.2, 0.25) is 0 Å². The highest BCUT2D eigenvalue weighted by molar-refractivity contribution is 7.95. The SMILES string of the molecule is CCCC[P+](c1ccccc1)(c1ccccc1)c1ccccc1.Cl. The summed E-state index contributed by atoms with van der Waals surface area (Å²) in [6, 6.07) is 33.4. The second-order valence-corrected chi connectivity index (χ2v) is 9.51. The van der Waals surface area contributed by atoms with Crippen molar-refractivity contribution in [3.05, 3.63) is 91.0 Å². The number of benzene rings is 3. The van der Waals surface area contributed by atoms with Crippen LogP contribution in [0.4, 0.5) is 0 Å². The summed E-state index contributed by atoms with van der Waals surface area (Å²) in [6.07, 6.45) is 3.72. The molecule has 0 aliphatic heterocycles. The van der Waals surface area contributed by atoms with Gasteiger partial charge in [0.1, 0.15) is 23.2 Å². The van der Waals surface area contributed by atoms with Crippen LogP contribution < -0.4 is 15.9 Å². The summed E-state index contributed by atoms with van der Waals surface area (Å²) >= 11 is 0. The van der Waals surface area contributed by atoms with E-state index in [1.165, 1.54) is 34.9 Å². The maximum absolute atomic E-state index is 2.32. The van der Waals surface area contributed by atoms with Gasteiger partial charge in [-0.25, -0.2) is 0 Å². The Morgan fingerprint density at radius 1 is 0.583 bits per heavy atom. The van der Waals surface area contributed by atoms with Crippen molar-refractivity contribution in [2.75, 3.05) is 6.16 Å². The Morgan fingerprint density at radius 3 is 1.21 bits per heavy atom. The molecule has 0 atom stereocenters. The largest absolute Gasteiger partial charge is 0.147 e. The fourth-order valence-corrected chi connectivity index (χ4v) is 7.78. The van der Waals surface area contributed by atoms with Crippen LogP contribution in [0.1, 0.15) is 19.8 Å². The topological polar surface area (TPSA) is 0 Å². The second-order valence-electron chi connectivity index (χ2n) is 5.89. The lowest BCUT2D eigenvalue weighted by Crippen LogP contribution is -2.33. The Labute approximate surface area is 152 Å². The Morgan fingerprint density at radius 2 is 0.917 bits per heavy atom. The molecule has 3 rings (SSSR count). The minimum atomic E-state index is -1.57. The van der Waals surface area contributed by atoms with E-state index in [0.29, 0.717) is 0 Å². The molecule has 0 N–H and O–H groups in total. The minimum Gasteiger partial charge on any atom is -0.147 e. The highest BCUT2D eigenvalue weighted by Gasteiger charge is 2.44. The molecule has 0 fully saturated rings. The first-order valence-corrected chi connectivity index (χ1v) is 10.4. The fraction of sp³-hybridized carbons (Fsp3) is 0.182. The first-order chi connectivity index (χ1) is 11.4. The number of hydrogen-bond donors (Lipinski definition) is 0. The van der Waals surface area contributed by atoms with Gasteiger partial charge < -0.3 is 0 Å². The molecule has 0 spiro atoms. The van der Waals surface area contributed by atoms with Crippen molar-refractivity contribution < 1.29 is 0 Å². The average molecular weight is 356 g/mol. The first kappa shape index (κ1) is 18.7. The number of halogens is 1. The lowest BCUT2D eigenvalue weighted by molar-refractivity contribution is 0.891. The van der Waals surface area contributed by atoms with Gasteiger partial charge in [0, 0.05) is 0 Å². The zero-order valence-electron chi connectivity index (χ0n) is 14.1. The molecule has 2 heteroatoms. The van der Waals surface area contributed by atoms with Crippen LogP contribution in [0.25, 0.3) is 0 Å². The summed E-state index contributed by atoms with van der Waals surface area (Å²) in [5.41, 5.74) is 0. The van der Waals surface area contributed by atoms with Crippen molar-refractivity contribution in [2.24, 2.45) is 0 Å². The van der Waals surface area contributed by atoms with Crippen molar-refractivity contribution in [2.45, 2.75) is 19.8 Å². The summed E-state index contributed by atoms with van der Waals surface area (Å²) in [6.45, 7) is 2.29. The van der Waals surface area contributed by atoms with E-state index in [1.54, 1.807) is 0 Å². The quantitative estimate of drug-likeness (QED) is 0.533. The maximum atomic E-state index is 2.32. The van der Waals surface area contributed by atoms with E-state index < -0.39 is 7.26 Å². The van der Waals surface area contributed by atoms with E-state index in [-0.39, 0.29) is 12.4 Å². The standard InChI is InChI=1S/C22H24P.ClH/c1-2-3-19-23(20-13-7-4-8-14-20,21-15-9-5-10-16-21)22-17-11-6-12-18-22;/h4-18H,2-3,19H2,1H3;1H/q+1;. The molecule has 0 amide bonds. The van der Waals surface area contributed by atoms with E-state index in [9.17, 15) is 0 Å². The lowest BCUT2D eigenvalue weighted by atomic mass is 10.3. The molecule has 0 heterocycles. The monoisotopic (exact) mass is 355 g/mol. The molecule has 0 aromatic heterocycles. The highest BCUT2D eigenvalue weighted by Crippen LogP contribution is 2.55. The molecule has 0 radical (unpaired) electrons. The Balaban J connectivity index is 0.00000208. The van der Waals surface area contributed by atoms with E-state index in [2.05, 4.69) is 97.9 Å². The molecular weight excluding hydrogens is 331 g/mol. The van der Waals surface area contributed by atoms with Gasteiger partial charge in [0.05, 0.1) is 6.16 Å². The molecule has 124 valence electrons. The lowest BCUT2D eigenvalue weighted by Gasteiger charge is -2.27. The zero-order valence-corrected chi connectivity index (χ0v) is 15.8. The zero-order chi connectivity index (χ0) is 16.0. The van der Waals surface area contributed by atoms with Crippen molar-refractivity contribution in [1.82, 2.24) is 0 Å². The molecule has 0 unspecified atom stereocenters. The molecule has 3 aromatic carbocycles. The van der Waals surface area contributed by atoms with Crippen LogP contribution in [0.2, 0.25) is 0 Å². The molecule has 0 saturated carbocycles. The van der Waals surface area contributed by atoms with Gasteiger partial charge in [-0.1, -0.05) is 67.9 Å². The summed E-state index contributed by atoms with van der Waals surface area (Å²) < 4.78 is 0. The van der Waals surface area contributed by atoms with Gasteiger partial charge in [-0.2, -0.15) is 0 Å². The van der Waals surface area contributed by atoms with E-state index >= 15 is 0 Å². The summed E-state index contributed by atoms with van der Waals surface area (Å²) in [5.74, 6) is 0. The average Bonchev–Trinajstić information content (AvgIpc) is 2.65. The maximum Gasteiger partial charge on any atom is 0.112 e. The van der Waals surface area contributed by atoms with Gasteiger partial charge in [0.15, 0.2) is 0 Å². The Bertz CT molecular complexity index is 614. The smallest absolute Gasteiger partial charge is 0.112 e. The van der Waals surface area contributed by atoms with Gasteiger partial charge in [-0.05, 0) is 42.8 Å². The molecular formula is C22H25ClP+. The van der Waals surface area contributed by atoms with Gasteiger partial charge >= 0.3 is 0 Å². The third-order valence-corrected chi connectivity index (χ3v) is 8.96. The molecule has 0 aliphatic carbocycles. The second kappa shape index (κ2) is 9.02. The van der Waals surface area contributed by atoms with Crippen LogP contribution in [-0.4, -0.2) is 6.16 Å². The summed E-state index contributed by atoms with van der Waals surface area (Å²) in [4.78, 5) is 0. The van der Waals surface area contributed by atoms with Gasteiger partial charge in [0.25, 0.3) is 0 Å². The summed E-state index contributed by atoms with van der Waals surface area (Å²) in [5, 5.41) is 4.47. The molecule has 0 saturated heterocycles. The predicted octanol–water partition coefficient (Wildman–Crippen LogP) is 5.20. The Kier molecular flexibility index (Phi) is 7.03. The molecule has 0 nitrogen and oxygen atoms in total. The van der Waals surface area contributed by atoms with Crippen LogP contribution >= 0.6 is 19.7 Å². The Hall–Kier alpha value is -1.62. The van der Waals surface area contributed by atoms with Crippen LogP contribution in [0.5, 0.6) is 0 Å². The van der Waals surface area contributed by atoms with Crippen molar-refractivity contribution in [3.63, 3.8) is 0 Å². The third kappa shape index (κ3) is 3.72. The van der Waals surface area contributed by atoms with Gasteiger partial charge in [-0.15, -0.1) is 12.4 Å². The predicted molar refractivity (Wildman–Crippen MR) is 112 cm³/mol. The van der Waals surface area contributed by atoms with Gasteiger partial charge in [-0.3, -0.25) is 0 Å². The fourth-order valence-electron chi connectivity index (χ4n) is 3.28. The minimum absolute atomic E-state index is 0. The number of rotatable bonds is 6. The van der Waals surface area contributed by atoms with Crippen molar-refractivity contribution >= 4 is 35.6 Å². The number of unbranched alkanes of at least 4 members (excludes halogenated alkanes) is 1. The number of hydrogen-bond acceptors (Lipinski definition) is 0. The highest BCUT2D eigenvalue weighted by atomic mass is 35.5. The van der Waals surface area contributed by atoms with E-state index in [4.69, 9.17) is 0 Å². The van der Waals surface area contributed by atoms with Crippen molar-refractivity contribution in [3.8, 4) is 0 Å². The van der Waals surface area contributed by atoms with Crippen molar-refractivity contribution in [1.29, 1.82) is 0 Å². The van der Waals surface area contributed by atoms with Crippen LogP contribution in [0, 0.1) is 0 Å². The molecule has 0 aliphatic rings. The van der Waals surface area contributed by atoms with Crippen LogP contribution in [0.3, 0.4) is 0 Å². The van der Waals surface area contributed by atoms with E-state index in [0.717, 1.165) is 0 Å². The molecule has 24 heavy (non-hydrogen) atoms. The summed E-state index contributed by atoms with van der Waals surface area (Å²) in [7, 11) is -1.57. The van der Waals surface area contributed by atoms with Crippen LogP contribution in [-0.2, 0) is 0 Å². The first-order valence-electron chi connectivity index (χ1n) is 8.43. The normalized spacial score (nSPS) is 10.9. The molecule has 0 bridgehead atoms. The molecule has 3 aromatic rings. The van der Waals surface area contributed by atoms with Crippen LogP contribution in [0.15, 0.2) is 91.0 Å².